The highest BCUT2D eigenvalue weighted by molar-refractivity contribution is 7.90. The lowest BCUT2D eigenvalue weighted by Gasteiger charge is -2.22. The molecule has 0 spiro atoms. The van der Waals surface area contributed by atoms with Crippen LogP contribution in [-0.4, -0.2) is 50.7 Å². The van der Waals surface area contributed by atoms with Crippen molar-refractivity contribution in [2.45, 2.75) is 24.7 Å². The first kappa shape index (κ1) is 16.9. The van der Waals surface area contributed by atoms with Gasteiger partial charge in [0.15, 0.2) is 0 Å². The number of amides is 2. The van der Waals surface area contributed by atoms with Crippen LogP contribution < -0.4 is 10.6 Å². The van der Waals surface area contributed by atoms with E-state index in [2.05, 4.69) is 10.6 Å². The molecule has 0 bridgehead atoms. The van der Waals surface area contributed by atoms with Crippen molar-refractivity contribution in [2.24, 2.45) is 5.92 Å². The van der Waals surface area contributed by atoms with Crippen LogP contribution in [0.3, 0.4) is 0 Å². The molecule has 0 aliphatic carbocycles. The molecule has 130 valence electrons. The zero-order chi connectivity index (χ0) is 17.3. The van der Waals surface area contributed by atoms with Gasteiger partial charge >= 0.3 is 0 Å². The quantitative estimate of drug-likeness (QED) is 0.827. The summed E-state index contributed by atoms with van der Waals surface area (Å²) in [4.78, 5) is 24.3. The summed E-state index contributed by atoms with van der Waals surface area (Å²) < 4.78 is 25.6. The van der Waals surface area contributed by atoms with Crippen molar-refractivity contribution in [1.82, 2.24) is 14.9 Å². The van der Waals surface area contributed by atoms with E-state index >= 15 is 0 Å². The Morgan fingerprint density at radius 1 is 1.42 bits per heavy atom. The Labute approximate surface area is 141 Å². The Hall–Kier alpha value is -1.93. The second kappa shape index (κ2) is 6.52. The molecule has 1 atom stereocenters. The van der Waals surface area contributed by atoms with E-state index in [1.165, 1.54) is 18.2 Å². The number of nitrogens with one attached hydrogen (secondary N) is 2. The molecule has 1 saturated heterocycles. The third-order valence-electron chi connectivity index (χ3n) is 4.51. The number of hydrogen-bond acceptors (Lipinski definition) is 5. The van der Waals surface area contributed by atoms with E-state index in [9.17, 15) is 18.0 Å². The van der Waals surface area contributed by atoms with Gasteiger partial charge in [-0.15, -0.1) is 0 Å². The van der Waals surface area contributed by atoms with Gasteiger partial charge in [0, 0.05) is 18.7 Å². The highest BCUT2D eigenvalue weighted by Gasteiger charge is 2.40. The molecule has 1 unspecified atom stereocenters. The summed E-state index contributed by atoms with van der Waals surface area (Å²) in [6, 6.07) is 4.22. The molecule has 0 radical (unpaired) electrons. The van der Waals surface area contributed by atoms with Gasteiger partial charge in [0.05, 0.1) is 5.56 Å². The zero-order valence-corrected chi connectivity index (χ0v) is 14.4. The molecule has 24 heavy (non-hydrogen) atoms. The SMILES string of the molecule is CCN1C(=O)c2ccc(C(=O)NCC3CCCNC3)cc2S1(=O)=O. The van der Waals surface area contributed by atoms with E-state index < -0.39 is 15.9 Å². The standard InChI is InChI=1S/C16H21N3O4S/c1-2-19-16(21)13-6-5-12(8-14(13)24(19,22)23)15(20)18-10-11-4-3-7-17-9-11/h5-6,8,11,17H,2-4,7,9-10H2,1H3,(H,18,20). The topological polar surface area (TPSA) is 95.6 Å². The fourth-order valence-corrected chi connectivity index (χ4v) is 4.77. The minimum atomic E-state index is -3.84. The van der Waals surface area contributed by atoms with Gasteiger partial charge in [-0.05, 0) is 57.0 Å². The van der Waals surface area contributed by atoms with Crippen LogP contribution in [0.2, 0.25) is 0 Å². The van der Waals surface area contributed by atoms with Gasteiger partial charge in [-0.3, -0.25) is 9.59 Å². The van der Waals surface area contributed by atoms with Crippen molar-refractivity contribution < 1.29 is 18.0 Å². The molecule has 2 heterocycles. The predicted octanol–water partition coefficient (Wildman–Crippen LogP) is 0.580. The van der Waals surface area contributed by atoms with Crippen LogP contribution in [0.1, 0.15) is 40.5 Å². The maximum atomic E-state index is 12.4. The number of benzene rings is 1. The lowest BCUT2D eigenvalue weighted by molar-refractivity contribution is 0.0874. The largest absolute Gasteiger partial charge is 0.352 e. The van der Waals surface area contributed by atoms with Crippen LogP contribution in [0.5, 0.6) is 0 Å². The number of piperidine rings is 1. The first-order valence-electron chi connectivity index (χ1n) is 8.15. The van der Waals surface area contributed by atoms with E-state index in [1.54, 1.807) is 6.92 Å². The number of fused-ring (bicyclic) bond motifs is 1. The Balaban J connectivity index is 1.77. The molecule has 2 amide bonds. The summed E-state index contributed by atoms with van der Waals surface area (Å²) in [5, 5.41) is 6.14. The summed E-state index contributed by atoms with van der Waals surface area (Å²) in [5.41, 5.74) is 0.386. The van der Waals surface area contributed by atoms with Crippen LogP contribution >= 0.6 is 0 Å². The van der Waals surface area contributed by atoms with Gasteiger partial charge in [0.2, 0.25) is 0 Å². The van der Waals surface area contributed by atoms with Crippen LogP contribution in [0, 0.1) is 5.92 Å². The maximum Gasteiger partial charge on any atom is 0.268 e. The summed E-state index contributed by atoms with van der Waals surface area (Å²) in [6.07, 6.45) is 2.15. The molecule has 1 aromatic rings. The van der Waals surface area contributed by atoms with Crippen LogP contribution in [0.4, 0.5) is 0 Å². The second-order valence-corrected chi connectivity index (χ2v) is 7.94. The molecule has 1 fully saturated rings. The second-order valence-electron chi connectivity index (χ2n) is 6.11. The maximum absolute atomic E-state index is 12.4. The van der Waals surface area contributed by atoms with Crippen molar-refractivity contribution in [3.63, 3.8) is 0 Å². The highest BCUT2D eigenvalue weighted by atomic mass is 32.2. The number of sulfonamides is 1. The molecule has 2 N–H and O–H groups in total. The van der Waals surface area contributed by atoms with Crippen LogP contribution in [0.25, 0.3) is 0 Å². The smallest absolute Gasteiger partial charge is 0.268 e. The summed E-state index contributed by atoms with van der Waals surface area (Å²) in [6.45, 7) is 4.11. The molecule has 7 nitrogen and oxygen atoms in total. The van der Waals surface area contributed by atoms with E-state index in [0.29, 0.717) is 12.5 Å². The molecule has 0 saturated carbocycles. The molecule has 2 aliphatic rings. The van der Waals surface area contributed by atoms with E-state index in [-0.39, 0.29) is 28.5 Å². The molecular weight excluding hydrogens is 330 g/mol. The number of carbonyl (C=O) groups is 2. The van der Waals surface area contributed by atoms with Crippen molar-refractivity contribution in [3.05, 3.63) is 29.3 Å². The number of carbonyl (C=O) groups excluding carboxylic acids is 2. The van der Waals surface area contributed by atoms with Gasteiger partial charge in [-0.1, -0.05) is 0 Å². The van der Waals surface area contributed by atoms with Crippen LogP contribution in [0.15, 0.2) is 23.1 Å². The minimum absolute atomic E-state index is 0.0755. The minimum Gasteiger partial charge on any atom is -0.352 e. The summed E-state index contributed by atoms with van der Waals surface area (Å²) >= 11 is 0. The van der Waals surface area contributed by atoms with Crippen molar-refractivity contribution in [2.75, 3.05) is 26.2 Å². The van der Waals surface area contributed by atoms with Crippen molar-refractivity contribution in [3.8, 4) is 0 Å². The Bertz CT molecular complexity index is 770. The van der Waals surface area contributed by atoms with E-state index in [4.69, 9.17) is 0 Å². The molecule has 2 aliphatic heterocycles. The van der Waals surface area contributed by atoms with E-state index in [1.807, 2.05) is 0 Å². The van der Waals surface area contributed by atoms with Gasteiger partial charge in [-0.25, -0.2) is 12.7 Å². The first-order chi connectivity index (χ1) is 11.4. The normalized spacial score (nSPS) is 22.3. The molecule has 3 rings (SSSR count). The zero-order valence-electron chi connectivity index (χ0n) is 13.5. The third-order valence-corrected chi connectivity index (χ3v) is 6.40. The molecule has 0 aromatic heterocycles. The Kier molecular flexibility index (Phi) is 4.60. The highest BCUT2D eigenvalue weighted by Crippen LogP contribution is 2.30. The lowest BCUT2D eigenvalue weighted by Crippen LogP contribution is -2.38. The van der Waals surface area contributed by atoms with Gasteiger partial charge in [0.1, 0.15) is 4.90 Å². The lowest BCUT2D eigenvalue weighted by atomic mass is 9.99. The molecule has 1 aromatic carbocycles. The van der Waals surface area contributed by atoms with Gasteiger partial charge in [0.25, 0.3) is 21.8 Å². The average Bonchev–Trinajstić information content (AvgIpc) is 2.79. The van der Waals surface area contributed by atoms with Crippen molar-refractivity contribution in [1.29, 1.82) is 0 Å². The monoisotopic (exact) mass is 351 g/mol. The fraction of sp³-hybridized carbons (Fsp3) is 0.500. The van der Waals surface area contributed by atoms with Gasteiger partial charge < -0.3 is 10.6 Å². The Morgan fingerprint density at radius 3 is 2.88 bits per heavy atom. The number of rotatable bonds is 4. The summed E-state index contributed by atoms with van der Waals surface area (Å²) in [7, 11) is -3.84. The van der Waals surface area contributed by atoms with Gasteiger partial charge in [-0.2, -0.15) is 0 Å². The molecule has 8 heteroatoms. The number of hydrogen-bond donors (Lipinski definition) is 2. The first-order valence-corrected chi connectivity index (χ1v) is 9.59. The Morgan fingerprint density at radius 2 is 2.21 bits per heavy atom. The van der Waals surface area contributed by atoms with E-state index in [0.717, 1.165) is 30.2 Å². The number of nitrogens with zero attached hydrogens (tertiary/aromatic N) is 1. The summed E-state index contributed by atoms with van der Waals surface area (Å²) in [5.74, 6) is -0.466. The fourth-order valence-electron chi connectivity index (χ4n) is 3.17. The average molecular weight is 351 g/mol. The third kappa shape index (κ3) is 2.91. The predicted molar refractivity (Wildman–Crippen MR) is 88.3 cm³/mol. The van der Waals surface area contributed by atoms with Crippen LogP contribution in [-0.2, 0) is 10.0 Å². The van der Waals surface area contributed by atoms with Crippen molar-refractivity contribution >= 4 is 21.8 Å². The molecular formula is C16H21N3O4S.